The minimum absolute atomic E-state index is 1.15. The number of nitrogens with zero attached hydrogens (tertiary/aromatic N) is 1. The Morgan fingerprint density at radius 2 is 1.94 bits per heavy atom. The predicted molar refractivity (Wildman–Crippen MR) is 75.5 cm³/mol. The molecule has 1 aromatic rings. The molecule has 0 radical (unpaired) electrons. The Morgan fingerprint density at radius 1 is 1.12 bits per heavy atom. The lowest BCUT2D eigenvalue weighted by Gasteiger charge is -2.18. The topological polar surface area (TPSA) is 3.24 Å². The molecule has 1 aromatic carbocycles. The molecule has 0 atom stereocenters. The normalized spacial score (nSPS) is 14.6. The Kier molecular flexibility index (Phi) is 4.03. The van der Waals surface area contributed by atoms with Crippen LogP contribution in [0.3, 0.4) is 0 Å². The van der Waals surface area contributed by atoms with Crippen LogP contribution in [0.2, 0.25) is 0 Å². The number of benzene rings is 1. The highest BCUT2D eigenvalue weighted by Crippen LogP contribution is 2.23. The summed E-state index contributed by atoms with van der Waals surface area (Å²) < 4.78 is 0. The molecule has 0 N–H and O–H groups in total. The van der Waals surface area contributed by atoms with Crippen LogP contribution in [0.15, 0.2) is 48.1 Å². The molecular weight excluding hydrogens is 206 g/mol. The average molecular weight is 227 g/mol. The average Bonchev–Trinajstić information content (AvgIpc) is 2.38. The first kappa shape index (κ1) is 12.0. The molecule has 0 heterocycles. The SMILES string of the molecule is CN(C)c1ccccc1CCC1=CC=CCC1. The van der Waals surface area contributed by atoms with Gasteiger partial charge in [-0.2, -0.15) is 0 Å². The summed E-state index contributed by atoms with van der Waals surface area (Å²) in [6, 6.07) is 8.69. The van der Waals surface area contributed by atoms with E-state index < -0.39 is 0 Å². The number of hydrogen-bond donors (Lipinski definition) is 0. The molecule has 1 aliphatic rings. The van der Waals surface area contributed by atoms with Gasteiger partial charge in [0, 0.05) is 19.8 Å². The van der Waals surface area contributed by atoms with Crippen LogP contribution in [0, 0.1) is 0 Å². The van der Waals surface area contributed by atoms with Gasteiger partial charge in [-0.25, -0.2) is 0 Å². The molecule has 2 rings (SSSR count). The maximum Gasteiger partial charge on any atom is 0.0393 e. The second kappa shape index (κ2) is 5.72. The Labute approximate surface area is 104 Å². The summed E-state index contributed by atoms with van der Waals surface area (Å²) in [5.74, 6) is 0. The van der Waals surface area contributed by atoms with Crippen molar-refractivity contribution in [1.82, 2.24) is 0 Å². The third-order valence-electron chi connectivity index (χ3n) is 3.29. The zero-order chi connectivity index (χ0) is 12.1. The van der Waals surface area contributed by atoms with Crippen molar-refractivity contribution in [2.75, 3.05) is 19.0 Å². The van der Waals surface area contributed by atoms with Gasteiger partial charge < -0.3 is 4.90 Å². The van der Waals surface area contributed by atoms with Crippen molar-refractivity contribution in [1.29, 1.82) is 0 Å². The predicted octanol–water partition coefficient (Wildman–Crippen LogP) is 3.96. The smallest absolute Gasteiger partial charge is 0.0393 e. The Morgan fingerprint density at radius 3 is 2.65 bits per heavy atom. The van der Waals surface area contributed by atoms with Crippen LogP contribution in [0.5, 0.6) is 0 Å². The highest BCUT2D eigenvalue weighted by Gasteiger charge is 2.05. The lowest BCUT2D eigenvalue weighted by atomic mass is 9.97. The Bertz CT molecular complexity index is 427. The van der Waals surface area contributed by atoms with Gasteiger partial charge in [-0.1, -0.05) is 42.0 Å². The first-order valence-corrected chi connectivity index (χ1v) is 6.37. The van der Waals surface area contributed by atoms with Crippen LogP contribution in [-0.2, 0) is 6.42 Å². The van der Waals surface area contributed by atoms with Crippen molar-refractivity contribution < 1.29 is 0 Å². The summed E-state index contributed by atoms with van der Waals surface area (Å²) in [7, 11) is 4.23. The molecule has 0 unspecified atom stereocenters. The van der Waals surface area contributed by atoms with Gasteiger partial charge in [0.05, 0.1) is 0 Å². The molecule has 0 bridgehead atoms. The molecule has 1 nitrogen and oxygen atoms in total. The van der Waals surface area contributed by atoms with E-state index in [0.29, 0.717) is 0 Å². The summed E-state index contributed by atoms with van der Waals surface area (Å²) in [6.45, 7) is 0. The standard InChI is InChI=1S/C16H21N/c1-17(2)16-11-7-6-10-15(16)13-12-14-8-4-3-5-9-14/h3-4,6-8,10-11H,5,9,12-13H2,1-2H3. The molecule has 0 saturated heterocycles. The van der Waals surface area contributed by atoms with E-state index >= 15 is 0 Å². The van der Waals surface area contributed by atoms with Gasteiger partial charge in [-0.3, -0.25) is 0 Å². The van der Waals surface area contributed by atoms with Crippen LogP contribution in [0.25, 0.3) is 0 Å². The Balaban J connectivity index is 2.03. The van der Waals surface area contributed by atoms with Crippen molar-refractivity contribution in [2.24, 2.45) is 0 Å². The lowest BCUT2D eigenvalue weighted by molar-refractivity contribution is 0.837. The van der Waals surface area contributed by atoms with Gasteiger partial charge in [-0.15, -0.1) is 0 Å². The van der Waals surface area contributed by atoms with E-state index in [-0.39, 0.29) is 0 Å². The fraction of sp³-hybridized carbons (Fsp3) is 0.375. The summed E-state index contributed by atoms with van der Waals surface area (Å²) in [4.78, 5) is 2.20. The summed E-state index contributed by atoms with van der Waals surface area (Å²) in [6.07, 6.45) is 11.5. The number of hydrogen-bond acceptors (Lipinski definition) is 1. The molecule has 0 saturated carbocycles. The van der Waals surface area contributed by atoms with E-state index in [4.69, 9.17) is 0 Å². The van der Waals surface area contributed by atoms with Crippen molar-refractivity contribution in [2.45, 2.75) is 25.7 Å². The van der Waals surface area contributed by atoms with Crippen LogP contribution in [-0.4, -0.2) is 14.1 Å². The lowest BCUT2D eigenvalue weighted by Crippen LogP contribution is -2.11. The minimum atomic E-state index is 1.15. The number of aryl methyl sites for hydroxylation is 1. The van der Waals surface area contributed by atoms with E-state index in [0.717, 1.165) is 6.42 Å². The Hall–Kier alpha value is -1.50. The van der Waals surface area contributed by atoms with Crippen LogP contribution in [0.1, 0.15) is 24.8 Å². The number of allylic oxidation sites excluding steroid dienone is 4. The molecule has 1 aliphatic carbocycles. The fourth-order valence-corrected chi connectivity index (χ4v) is 2.31. The first-order chi connectivity index (χ1) is 8.27. The van der Waals surface area contributed by atoms with Crippen molar-refractivity contribution in [3.05, 3.63) is 53.6 Å². The zero-order valence-corrected chi connectivity index (χ0v) is 10.8. The fourth-order valence-electron chi connectivity index (χ4n) is 2.31. The summed E-state index contributed by atoms with van der Waals surface area (Å²) >= 11 is 0. The molecule has 1 heteroatoms. The molecule has 0 aromatic heterocycles. The maximum atomic E-state index is 2.28. The maximum absolute atomic E-state index is 2.28. The summed E-state index contributed by atoms with van der Waals surface area (Å²) in [5.41, 5.74) is 4.38. The van der Waals surface area contributed by atoms with Crippen molar-refractivity contribution in [3.8, 4) is 0 Å². The van der Waals surface area contributed by atoms with Gasteiger partial charge in [0.2, 0.25) is 0 Å². The van der Waals surface area contributed by atoms with E-state index in [2.05, 4.69) is 61.5 Å². The third kappa shape index (κ3) is 3.23. The molecular formula is C16H21N. The quantitative estimate of drug-likeness (QED) is 0.752. The van der Waals surface area contributed by atoms with Gasteiger partial charge in [0.1, 0.15) is 0 Å². The molecule has 90 valence electrons. The third-order valence-corrected chi connectivity index (χ3v) is 3.29. The molecule has 0 spiro atoms. The van der Waals surface area contributed by atoms with E-state index in [1.807, 2.05) is 0 Å². The molecule has 0 aliphatic heterocycles. The molecule has 0 fully saturated rings. The largest absolute Gasteiger partial charge is 0.377 e. The van der Waals surface area contributed by atoms with Gasteiger partial charge in [-0.05, 0) is 37.3 Å². The van der Waals surface area contributed by atoms with Gasteiger partial charge in [0.15, 0.2) is 0 Å². The van der Waals surface area contributed by atoms with E-state index in [1.165, 1.54) is 30.5 Å². The van der Waals surface area contributed by atoms with Crippen molar-refractivity contribution in [3.63, 3.8) is 0 Å². The molecule has 0 amide bonds. The van der Waals surface area contributed by atoms with E-state index in [9.17, 15) is 0 Å². The summed E-state index contributed by atoms with van der Waals surface area (Å²) in [5, 5.41) is 0. The zero-order valence-electron chi connectivity index (χ0n) is 10.8. The van der Waals surface area contributed by atoms with Gasteiger partial charge in [0.25, 0.3) is 0 Å². The molecule has 17 heavy (non-hydrogen) atoms. The highest BCUT2D eigenvalue weighted by atomic mass is 15.1. The second-order valence-corrected chi connectivity index (χ2v) is 4.81. The van der Waals surface area contributed by atoms with Crippen LogP contribution >= 0.6 is 0 Å². The number of para-hydroxylation sites is 1. The number of anilines is 1. The second-order valence-electron chi connectivity index (χ2n) is 4.81. The van der Waals surface area contributed by atoms with E-state index in [1.54, 1.807) is 5.57 Å². The van der Waals surface area contributed by atoms with Crippen molar-refractivity contribution >= 4 is 5.69 Å². The minimum Gasteiger partial charge on any atom is -0.377 e. The highest BCUT2D eigenvalue weighted by molar-refractivity contribution is 5.52. The van der Waals surface area contributed by atoms with Gasteiger partial charge >= 0.3 is 0 Å². The first-order valence-electron chi connectivity index (χ1n) is 6.37. The van der Waals surface area contributed by atoms with Crippen LogP contribution < -0.4 is 4.90 Å². The monoisotopic (exact) mass is 227 g/mol. The van der Waals surface area contributed by atoms with Crippen LogP contribution in [0.4, 0.5) is 5.69 Å². The number of rotatable bonds is 4.